The predicted octanol–water partition coefficient (Wildman–Crippen LogP) is 2.41. The van der Waals surface area contributed by atoms with Gasteiger partial charge in [-0.1, -0.05) is 19.9 Å². The maximum Gasteiger partial charge on any atom is 0.404 e. The van der Waals surface area contributed by atoms with Crippen LogP contribution in [0.4, 0.5) is 13.6 Å². The van der Waals surface area contributed by atoms with Crippen LogP contribution in [-0.4, -0.2) is 29.0 Å². The van der Waals surface area contributed by atoms with E-state index in [2.05, 4.69) is 5.32 Å². The molecule has 0 aliphatic carbocycles. The fraction of sp³-hybridized carbons (Fsp3) is 0.500. The molecule has 2 atom stereocenters. The third kappa shape index (κ3) is 4.45. The second-order valence-electron chi connectivity index (χ2n) is 5.11. The maximum atomic E-state index is 13.2. The summed E-state index contributed by atoms with van der Waals surface area (Å²) in [6, 6.07) is 3.05. The number of hydrogen-bond donors (Lipinski definition) is 3. The Morgan fingerprint density at radius 2 is 1.95 bits per heavy atom. The summed E-state index contributed by atoms with van der Waals surface area (Å²) in [6.45, 7) is 3.41. The van der Waals surface area contributed by atoms with Crippen LogP contribution in [0, 0.1) is 23.5 Å². The van der Waals surface area contributed by atoms with Crippen molar-refractivity contribution >= 4 is 6.09 Å². The highest BCUT2D eigenvalue weighted by atomic mass is 19.2. The van der Waals surface area contributed by atoms with Crippen molar-refractivity contribution < 1.29 is 23.8 Å². The zero-order chi connectivity index (χ0) is 15.3. The van der Waals surface area contributed by atoms with Crippen LogP contribution in [0.25, 0.3) is 0 Å². The quantitative estimate of drug-likeness (QED) is 0.752. The number of rotatable bonds is 6. The second-order valence-corrected chi connectivity index (χ2v) is 5.11. The Balaban J connectivity index is 2.87. The van der Waals surface area contributed by atoms with Crippen molar-refractivity contribution in [2.75, 3.05) is 6.61 Å². The van der Waals surface area contributed by atoms with Crippen LogP contribution in [0.3, 0.4) is 0 Å². The topological polar surface area (TPSA) is 69.6 Å². The minimum absolute atomic E-state index is 0.0338. The summed E-state index contributed by atoms with van der Waals surface area (Å²) in [5.74, 6) is -2.32. The Bertz CT molecular complexity index is 466. The fourth-order valence-electron chi connectivity index (χ4n) is 2.25. The number of nitrogens with one attached hydrogen (secondary N) is 1. The molecular formula is C14H19F2NO3. The summed E-state index contributed by atoms with van der Waals surface area (Å²) in [5.41, 5.74) is 0.515. The van der Waals surface area contributed by atoms with Crippen LogP contribution >= 0.6 is 0 Å². The van der Waals surface area contributed by atoms with E-state index in [4.69, 9.17) is 5.11 Å². The number of aliphatic hydroxyl groups excluding tert-OH is 1. The molecular weight excluding hydrogens is 268 g/mol. The summed E-state index contributed by atoms with van der Waals surface area (Å²) in [6.07, 6.45) is -0.913. The van der Waals surface area contributed by atoms with E-state index in [1.54, 1.807) is 0 Å². The first-order valence-electron chi connectivity index (χ1n) is 6.39. The third-order valence-electron chi connectivity index (χ3n) is 3.23. The van der Waals surface area contributed by atoms with Gasteiger partial charge in [-0.05, 0) is 30.0 Å². The Labute approximate surface area is 116 Å². The van der Waals surface area contributed by atoms with Crippen molar-refractivity contribution in [2.45, 2.75) is 26.3 Å². The number of aliphatic hydroxyl groups is 1. The van der Waals surface area contributed by atoms with Gasteiger partial charge in [0.05, 0.1) is 0 Å². The lowest BCUT2D eigenvalue weighted by Crippen LogP contribution is -2.45. The van der Waals surface area contributed by atoms with E-state index < -0.39 is 29.7 Å². The average molecular weight is 287 g/mol. The van der Waals surface area contributed by atoms with Crippen LogP contribution < -0.4 is 5.32 Å². The lowest BCUT2D eigenvalue weighted by atomic mass is 9.86. The first kappa shape index (κ1) is 16.4. The maximum absolute atomic E-state index is 13.2. The number of halogens is 2. The Kier molecular flexibility index (Phi) is 5.88. The van der Waals surface area contributed by atoms with Gasteiger partial charge in [0.25, 0.3) is 0 Å². The van der Waals surface area contributed by atoms with Crippen molar-refractivity contribution in [1.29, 1.82) is 0 Å². The summed E-state index contributed by atoms with van der Waals surface area (Å²) in [7, 11) is 0. The zero-order valence-corrected chi connectivity index (χ0v) is 11.4. The number of amides is 1. The average Bonchev–Trinajstić information content (AvgIpc) is 2.37. The van der Waals surface area contributed by atoms with Gasteiger partial charge in [-0.25, -0.2) is 13.6 Å². The monoisotopic (exact) mass is 287 g/mol. The number of benzene rings is 1. The molecule has 0 bridgehead atoms. The lowest BCUT2D eigenvalue weighted by molar-refractivity contribution is 0.147. The highest BCUT2D eigenvalue weighted by molar-refractivity contribution is 5.64. The van der Waals surface area contributed by atoms with Gasteiger partial charge in [-0.2, -0.15) is 0 Å². The largest absolute Gasteiger partial charge is 0.465 e. The van der Waals surface area contributed by atoms with E-state index in [0.29, 0.717) is 5.56 Å². The van der Waals surface area contributed by atoms with Crippen molar-refractivity contribution in [3.8, 4) is 0 Å². The molecule has 0 fully saturated rings. The Hall–Kier alpha value is -1.69. The highest BCUT2D eigenvalue weighted by Gasteiger charge is 2.26. The van der Waals surface area contributed by atoms with Gasteiger partial charge >= 0.3 is 6.09 Å². The first-order chi connectivity index (χ1) is 9.35. The molecule has 0 heterocycles. The Morgan fingerprint density at radius 1 is 1.30 bits per heavy atom. The van der Waals surface area contributed by atoms with E-state index in [0.717, 1.165) is 12.1 Å². The molecule has 20 heavy (non-hydrogen) atoms. The first-order valence-corrected chi connectivity index (χ1v) is 6.39. The SMILES string of the molecule is CC(C)C(NC(=O)O)C(CO)Cc1ccc(F)c(F)c1. The van der Waals surface area contributed by atoms with Crippen molar-refractivity contribution in [1.82, 2.24) is 5.32 Å². The molecule has 1 amide bonds. The van der Waals surface area contributed by atoms with E-state index in [1.165, 1.54) is 6.07 Å². The lowest BCUT2D eigenvalue weighted by Gasteiger charge is -2.29. The normalized spacial score (nSPS) is 14.1. The van der Waals surface area contributed by atoms with Gasteiger partial charge in [0, 0.05) is 18.6 Å². The standard InChI is InChI=1S/C14H19F2NO3/c1-8(2)13(17-14(19)20)10(7-18)5-9-3-4-11(15)12(16)6-9/h3-4,6,8,10,13,17-18H,5,7H2,1-2H3,(H,19,20). The van der Waals surface area contributed by atoms with Crippen molar-refractivity contribution in [3.63, 3.8) is 0 Å². The van der Waals surface area contributed by atoms with Gasteiger partial charge < -0.3 is 15.5 Å². The van der Waals surface area contributed by atoms with Crippen LogP contribution in [-0.2, 0) is 6.42 Å². The smallest absolute Gasteiger partial charge is 0.404 e. The summed E-state index contributed by atoms with van der Waals surface area (Å²) in [5, 5.41) is 20.6. The van der Waals surface area contributed by atoms with Crippen LogP contribution in [0.5, 0.6) is 0 Å². The van der Waals surface area contributed by atoms with Gasteiger partial charge in [0.2, 0.25) is 0 Å². The zero-order valence-electron chi connectivity index (χ0n) is 11.4. The minimum Gasteiger partial charge on any atom is -0.465 e. The molecule has 112 valence electrons. The molecule has 4 nitrogen and oxygen atoms in total. The Morgan fingerprint density at radius 3 is 2.40 bits per heavy atom. The fourth-order valence-corrected chi connectivity index (χ4v) is 2.25. The van der Waals surface area contributed by atoms with Crippen molar-refractivity contribution in [3.05, 3.63) is 35.4 Å². The number of hydrogen-bond acceptors (Lipinski definition) is 2. The van der Waals surface area contributed by atoms with Crippen LogP contribution in [0.2, 0.25) is 0 Å². The highest BCUT2D eigenvalue weighted by Crippen LogP contribution is 2.19. The van der Waals surface area contributed by atoms with Crippen LogP contribution in [0.1, 0.15) is 19.4 Å². The molecule has 0 saturated carbocycles. The summed E-state index contributed by atoms with van der Waals surface area (Å²) >= 11 is 0. The third-order valence-corrected chi connectivity index (χ3v) is 3.23. The predicted molar refractivity (Wildman–Crippen MR) is 70.4 cm³/mol. The summed E-state index contributed by atoms with van der Waals surface area (Å²) in [4.78, 5) is 10.8. The molecule has 2 unspecified atom stereocenters. The summed E-state index contributed by atoms with van der Waals surface area (Å²) < 4.78 is 26.0. The molecule has 1 rings (SSSR count). The molecule has 0 radical (unpaired) electrons. The van der Waals surface area contributed by atoms with E-state index in [9.17, 15) is 18.7 Å². The van der Waals surface area contributed by atoms with Gasteiger partial charge in [0.15, 0.2) is 11.6 Å². The van der Waals surface area contributed by atoms with Gasteiger partial charge in [-0.3, -0.25) is 0 Å². The molecule has 0 aliphatic heterocycles. The number of carboxylic acid groups (broad SMARTS) is 1. The molecule has 0 aliphatic rings. The second kappa shape index (κ2) is 7.19. The molecule has 1 aromatic carbocycles. The van der Waals surface area contributed by atoms with Gasteiger partial charge in [0.1, 0.15) is 0 Å². The molecule has 0 saturated heterocycles. The minimum atomic E-state index is -1.17. The number of carbonyl (C=O) groups is 1. The van der Waals surface area contributed by atoms with E-state index in [-0.39, 0.29) is 18.9 Å². The molecule has 0 aromatic heterocycles. The van der Waals surface area contributed by atoms with Crippen LogP contribution in [0.15, 0.2) is 18.2 Å². The molecule has 0 spiro atoms. The molecule has 3 N–H and O–H groups in total. The van der Waals surface area contributed by atoms with Gasteiger partial charge in [-0.15, -0.1) is 0 Å². The van der Waals surface area contributed by atoms with E-state index in [1.807, 2.05) is 13.8 Å². The molecule has 1 aromatic rings. The van der Waals surface area contributed by atoms with E-state index >= 15 is 0 Å². The van der Waals surface area contributed by atoms with Crippen molar-refractivity contribution in [2.24, 2.45) is 11.8 Å². The molecule has 6 heteroatoms.